The van der Waals surface area contributed by atoms with Gasteiger partial charge in [0.05, 0.1) is 18.7 Å². The van der Waals surface area contributed by atoms with Crippen molar-refractivity contribution in [3.8, 4) is 17.2 Å². The lowest BCUT2D eigenvalue weighted by Crippen LogP contribution is -2.21. The van der Waals surface area contributed by atoms with Crippen molar-refractivity contribution in [2.75, 3.05) is 18.1 Å². The Kier molecular flexibility index (Phi) is 8.69. The van der Waals surface area contributed by atoms with E-state index in [9.17, 15) is 22.7 Å². The van der Waals surface area contributed by atoms with Crippen LogP contribution in [-0.4, -0.2) is 47.7 Å². The summed E-state index contributed by atoms with van der Waals surface area (Å²) in [6, 6.07) is 10.4. The van der Waals surface area contributed by atoms with Gasteiger partial charge in [-0.3, -0.25) is 4.98 Å². The number of hydrogen-bond acceptors (Lipinski definition) is 8. The molecule has 0 unspecified atom stereocenters. The number of aliphatic hydroxyl groups is 2. The third-order valence-electron chi connectivity index (χ3n) is 4.25. The van der Waals surface area contributed by atoms with E-state index >= 15 is 0 Å². The number of rotatable bonds is 12. The zero-order chi connectivity index (χ0) is 23.8. The average molecular weight is 488 g/mol. The molecule has 0 saturated heterocycles. The molecule has 3 aromatic rings. The molecule has 0 radical (unpaired) electrons. The highest BCUT2D eigenvalue weighted by atomic mass is 32.1. The summed E-state index contributed by atoms with van der Waals surface area (Å²) in [4.78, 5) is 6.58. The normalized spacial score (nSPS) is 12.1. The third kappa shape index (κ3) is 7.20. The minimum absolute atomic E-state index is 0.138. The summed E-state index contributed by atoms with van der Waals surface area (Å²) in [5.74, 6) is -0.687. The molecule has 178 valence electrons. The average Bonchev–Trinajstić information content (AvgIpc) is 3.30. The van der Waals surface area contributed by atoms with Crippen molar-refractivity contribution in [2.24, 2.45) is 0 Å². The maximum Gasteiger partial charge on any atom is 0.387 e. The molecule has 0 saturated carbocycles. The van der Waals surface area contributed by atoms with E-state index < -0.39 is 37.4 Å². The Labute approximate surface area is 190 Å². The van der Waals surface area contributed by atoms with Crippen molar-refractivity contribution in [1.82, 2.24) is 4.98 Å². The topological polar surface area (TPSA) is 84.3 Å². The second kappa shape index (κ2) is 11.7. The van der Waals surface area contributed by atoms with Crippen LogP contribution in [0, 0.1) is 0 Å². The molecule has 0 aliphatic heterocycles. The second-order valence-electron chi connectivity index (χ2n) is 6.59. The molecule has 7 nitrogen and oxygen atoms in total. The second-order valence-corrected chi connectivity index (χ2v) is 7.56. The molecule has 33 heavy (non-hydrogen) atoms. The van der Waals surface area contributed by atoms with Crippen molar-refractivity contribution in [2.45, 2.75) is 25.9 Å². The molecule has 2 N–H and O–H groups in total. The van der Waals surface area contributed by atoms with Crippen LogP contribution in [-0.2, 0) is 6.54 Å². The zero-order valence-corrected chi connectivity index (χ0v) is 17.8. The fraction of sp³-hybridized carbons (Fsp3) is 0.286. The summed E-state index contributed by atoms with van der Waals surface area (Å²) >= 11 is 1.37. The van der Waals surface area contributed by atoms with Gasteiger partial charge in [0.25, 0.3) is 0 Å². The number of hydrogen-bond donors (Lipinski definition) is 2. The van der Waals surface area contributed by atoms with Crippen LogP contribution >= 0.6 is 11.3 Å². The molecule has 0 fully saturated rings. The van der Waals surface area contributed by atoms with Crippen molar-refractivity contribution in [3.05, 3.63) is 59.0 Å². The molecule has 0 bridgehead atoms. The van der Waals surface area contributed by atoms with Gasteiger partial charge in [-0.05, 0) is 24.3 Å². The lowest BCUT2D eigenvalue weighted by Gasteiger charge is -2.26. The first-order chi connectivity index (χ1) is 15.9. The number of alkyl halides is 4. The van der Waals surface area contributed by atoms with Gasteiger partial charge in [0.1, 0.15) is 18.5 Å². The maximum absolute atomic E-state index is 12.9. The summed E-state index contributed by atoms with van der Waals surface area (Å²) in [5, 5.41) is 18.5. The minimum atomic E-state index is -3.25. The summed E-state index contributed by atoms with van der Waals surface area (Å²) in [5.41, 5.74) is 2.56. The molecule has 0 aliphatic carbocycles. The Bertz CT molecular complexity index is 1010. The smallest absolute Gasteiger partial charge is 0.387 e. The number of ether oxygens (including phenoxy) is 3. The van der Waals surface area contributed by atoms with E-state index in [0.29, 0.717) is 17.1 Å². The molecule has 1 aromatic heterocycles. The van der Waals surface area contributed by atoms with Gasteiger partial charge in [0.15, 0.2) is 11.5 Å². The van der Waals surface area contributed by atoms with Crippen molar-refractivity contribution in [3.63, 3.8) is 0 Å². The van der Waals surface area contributed by atoms with E-state index in [4.69, 9.17) is 9.84 Å². The number of aromatic nitrogens is 1. The number of thiazole rings is 1. The lowest BCUT2D eigenvalue weighted by atomic mass is 10.2. The summed E-state index contributed by atoms with van der Waals surface area (Å²) < 4.78 is 65.3. The van der Waals surface area contributed by atoms with Gasteiger partial charge in [-0.2, -0.15) is 17.6 Å². The first kappa shape index (κ1) is 24.6. The van der Waals surface area contributed by atoms with E-state index in [1.807, 2.05) is 0 Å². The standard InChI is InChI=1S/C21H20F4N2O5S/c22-20(23)31-18-5-4-14(7-19(18)32-21(24)25)27(9-17-8-26-12-33-17)13-2-1-3-16(6-13)30-11-15(29)10-28/h1-8,12,15,20-21,28-29H,9-11H2/t15-/m1/s1. The Balaban J connectivity index is 1.97. The van der Waals surface area contributed by atoms with Crippen LogP contribution in [0.5, 0.6) is 17.2 Å². The number of aliphatic hydroxyl groups excluding tert-OH is 2. The van der Waals surface area contributed by atoms with Crippen molar-refractivity contribution >= 4 is 22.7 Å². The monoisotopic (exact) mass is 488 g/mol. The summed E-state index contributed by atoms with van der Waals surface area (Å²) in [6.45, 7) is -6.79. The predicted molar refractivity (Wildman–Crippen MR) is 113 cm³/mol. The maximum atomic E-state index is 12.9. The Morgan fingerprint density at radius 3 is 2.36 bits per heavy atom. The molecule has 12 heteroatoms. The molecule has 0 amide bonds. The molecular formula is C21H20F4N2O5S. The van der Waals surface area contributed by atoms with Gasteiger partial charge in [-0.1, -0.05) is 6.07 Å². The molecule has 2 aromatic carbocycles. The van der Waals surface area contributed by atoms with Gasteiger partial charge in [-0.15, -0.1) is 11.3 Å². The highest BCUT2D eigenvalue weighted by molar-refractivity contribution is 7.09. The molecule has 1 atom stereocenters. The van der Waals surface area contributed by atoms with Crippen LogP contribution in [0.1, 0.15) is 4.88 Å². The van der Waals surface area contributed by atoms with E-state index in [1.54, 1.807) is 40.9 Å². The van der Waals surface area contributed by atoms with E-state index in [0.717, 1.165) is 10.9 Å². The van der Waals surface area contributed by atoms with E-state index in [1.165, 1.54) is 23.5 Å². The molecular weight excluding hydrogens is 468 g/mol. The van der Waals surface area contributed by atoms with Crippen LogP contribution in [0.15, 0.2) is 54.2 Å². The van der Waals surface area contributed by atoms with Crippen LogP contribution < -0.4 is 19.1 Å². The summed E-state index contributed by atoms with van der Waals surface area (Å²) in [6.07, 6.45) is 0.582. The number of benzene rings is 2. The largest absolute Gasteiger partial charge is 0.491 e. The first-order valence-corrected chi connectivity index (χ1v) is 10.4. The molecule has 0 spiro atoms. The number of anilines is 2. The fourth-order valence-electron chi connectivity index (χ4n) is 2.84. The minimum Gasteiger partial charge on any atom is -0.491 e. The van der Waals surface area contributed by atoms with Crippen molar-refractivity contribution < 1.29 is 42.0 Å². The predicted octanol–water partition coefficient (Wildman–Crippen LogP) is 4.42. The SMILES string of the molecule is OC[C@@H](O)COc1cccc(N(Cc2cncs2)c2ccc(OC(F)F)c(OC(F)F)c2)c1. The highest BCUT2D eigenvalue weighted by Crippen LogP contribution is 2.38. The van der Waals surface area contributed by atoms with Gasteiger partial charge in [0.2, 0.25) is 0 Å². The van der Waals surface area contributed by atoms with Gasteiger partial charge < -0.3 is 29.3 Å². The van der Waals surface area contributed by atoms with Crippen LogP contribution in [0.25, 0.3) is 0 Å². The van der Waals surface area contributed by atoms with Gasteiger partial charge in [-0.25, -0.2) is 0 Å². The van der Waals surface area contributed by atoms with Crippen LogP contribution in [0.4, 0.5) is 28.9 Å². The van der Waals surface area contributed by atoms with E-state index in [2.05, 4.69) is 14.5 Å². The van der Waals surface area contributed by atoms with E-state index in [-0.39, 0.29) is 13.2 Å². The molecule has 0 aliphatic rings. The quantitative estimate of drug-likeness (QED) is 0.365. The van der Waals surface area contributed by atoms with Gasteiger partial charge in [0, 0.05) is 34.6 Å². The Morgan fingerprint density at radius 2 is 1.70 bits per heavy atom. The fourth-order valence-corrected chi connectivity index (χ4v) is 3.42. The van der Waals surface area contributed by atoms with Gasteiger partial charge >= 0.3 is 13.2 Å². The number of halogens is 4. The zero-order valence-electron chi connectivity index (χ0n) is 17.0. The molecule has 3 rings (SSSR count). The van der Waals surface area contributed by atoms with Crippen molar-refractivity contribution in [1.29, 1.82) is 0 Å². The third-order valence-corrected chi connectivity index (χ3v) is 5.02. The Hall–Kier alpha value is -3.09. The highest BCUT2D eigenvalue weighted by Gasteiger charge is 2.19. The molecule has 1 heterocycles. The Morgan fingerprint density at radius 1 is 0.970 bits per heavy atom. The first-order valence-electron chi connectivity index (χ1n) is 9.56. The van der Waals surface area contributed by atoms with Crippen LogP contribution in [0.3, 0.4) is 0 Å². The van der Waals surface area contributed by atoms with Crippen LogP contribution in [0.2, 0.25) is 0 Å². The number of nitrogens with zero attached hydrogens (tertiary/aromatic N) is 2. The lowest BCUT2D eigenvalue weighted by molar-refractivity contribution is -0.0692. The summed E-state index contributed by atoms with van der Waals surface area (Å²) in [7, 11) is 0.